The van der Waals surface area contributed by atoms with Gasteiger partial charge in [-0.2, -0.15) is 0 Å². The minimum atomic E-state index is -1.53. The van der Waals surface area contributed by atoms with E-state index < -0.39 is 72.8 Å². The molecular weight excluding hydrogens is 488 g/mol. The second kappa shape index (κ2) is 15.4. The van der Waals surface area contributed by atoms with Gasteiger partial charge in [0.05, 0.1) is 25.8 Å². The van der Waals surface area contributed by atoms with Crippen LogP contribution in [0.3, 0.4) is 0 Å². The third-order valence-electron chi connectivity index (χ3n) is 4.62. The number of aliphatic hydroxyl groups is 2. The molecule has 0 radical (unpaired) electrons. The molecule has 0 aromatic rings. The number of aliphatic carboxylic acids is 1. The van der Waals surface area contributed by atoms with Gasteiger partial charge < -0.3 is 50.1 Å². The van der Waals surface area contributed by atoms with E-state index >= 15 is 0 Å². The van der Waals surface area contributed by atoms with Crippen molar-refractivity contribution in [2.45, 2.75) is 50.7 Å². The molecule has 0 spiro atoms. The normalized spacial score (nSPS) is 21.2. The number of aliphatic imine (C=N–C) groups is 1. The maximum atomic E-state index is 12.0. The van der Waals surface area contributed by atoms with Crippen molar-refractivity contribution in [3.8, 4) is 0 Å². The Labute approximate surface area is 206 Å². The van der Waals surface area contributed by atoms with E-state index in [4.69, 9.17) is 24.7 Å². The molecule has 16 nitrogen and oxygen atoms in total. The third kappa shape index (κ3) is 9.55. The molecule has 1 heterocycles. The summed E-state index contributed by atoms with van der Waals surface area (Å²) in [5.74, 6) is -3.11. The van der Waals surface area contributed by atoms with Gasteiger partial charge in [-0.05, 0) is 13.0 Å². The summed E-state index contributed by atoms with van der Waals surface area (Å²) in [6, 6.07) is -2.50. The highest BCUT2D eigenvalue weighted by atomic mass is 16.6. The van der Waals surface area contributed by atoms with Gasteiger partial charge in [0, 0.05) is 13.0 Å². The van der Waals surface area contributed by atoms with Crippen molar-refractivity contribution in [1.82, 2.24) is 10.6 Å². The molecule has 7 N–H and O–H groups in total. The van der Waals surface area contributed by atoms with Gasteiger partial charge in [-0.3, -0.25) is 10.1 Å². The number of methoxy groups -OCH3 is 1. The number of hydrogen-bond acceptors (Lipinski definition) is 12. The molecule has 0 aromatic heterocycles. The predicted molar refractivity (Wildman–Crippen MR) is 120 cm³/mol. The number of carboxylic acids is 1. The van der Waals surface area contributed by atoms with Gasteiger partial charge in [0.2, 0.25) is 5.76 Å². The highest BCUT2D eigenvalue weighted by Gasteiger charge is 2.45. The first-order valence-electron chi connectivity index (χ1n) is 10.9. The van der Waals surface area contributed by atoms with Gasteiger partial charge in [0.15, 0.2) is 12.1 Å². The maximum absolute atomic E-state index is 12.0. The molecule has 1 aliphatic heterocycles. The first kappa shape index (κ1) is 30.4. The van der Waals surface area contributed by atoms with E-state index in [0.717, 1.165) is 13.2 Å². The number of hydrogen-bond donors (Lipinski definition) is 6. The summed E-state index contributed by atoms with van der Waals surface area (Å²) in [6.07, 6.45) is -5.06. The Morgan fingerprint density at radius 2 is 1.86 bits per heavy atom. The number of aliphatic hydroxyl groups excluding tert-OH is 2. The van der Waals surface area contributed by atoms with Crippen molar-refractivity contribution in [3.63, 3.8) is 0 Å². The van der Waals surface area contributed by atoms with Crippen LogP contribution in [-0.2, 0) is 33.3 Å². The fourth-order valence-electron chi connectivity index (χ4n) is 3.03. The molecule has 0 fully saturated rings. The molecule has 0 bridgehead atoms. The molecule has 1 unspecified atom stereocenters. The lowest BCUT2D eigenvalue weighted by atomic mass is 9.92. The van der Waals surface area contributed by atoms with Crippen LogP contribution in [0.5, 0.6) is 0 Å². The van der Waals surface area contributed by atoms with Crippen molar-refractivity contribution < 1.29 is 58.2 Å². The lowest BCUT2D eigenvalue weighted by Gasteiger charge is -2.40. The maximum Gasteiger partial charge on any atom is 0.414 e. The second-order valence-electron chi connectivity index (χ2n) is 7.09. The average molecular weight is 520 g/mol. The van der Waals surface area contributed by atoms with Gasteiger partial charge in [-0.25, -0.2) is 19.4 Å². The molecule has 16 heteroatoms. The van der Waals surface area contributed by atoms with Crippen LogP contribution in [-0.4, -0.2) is 109 Å². The summed E-state index contributed by atoms with van der Waals surface area (Å²) in [7, 11) is 1.08. The number of nitrogens with two attached hydrogens (primary N) is 1. The molecule has 0 saturated heterocycles. The molecular formula is C20H32N4O12. The molecule has 0 saturated carbocycles. The number of nitrogens with one attached hydrogen (secondary N) is 2. The quantitative estimate of drug-likeness (QED) is 0.0548. The van der Waals surface area contributed by atoms with E-state index in [-0.39, 0.29) is 26.2 Å². The zero-order valence-electron chi connectivity index (χ0n) is 20.0. The smallest absolute Gasteiger partial charge is 0.414 e. The van der Waals surface area contributed by atoms with Crippen molar-refractivity contribution in [2.24, 2.45) is 10.7 Å². The molecule has 0 aliphatic carbocycles. The summed E-state index contributed by atoms with van der Waals surface area (Å²) in [6.45, 7) is 2.01. The van der Waals surface area contributed by atoms with Crippen molar-refractivity contribution >= 4 is 30.1 Å². The third-order valence-corrected chi connectivity index (χ3v) is 4.62. The topological polar surface area (TPSA) is 238 Å². The summed E-state index contributed by atoms with van der Waals surface area (Å²) in [5.41, 5.74) is 5.76. The van der Waals surface area contributed by atoms with E-state index in [2.05, 4.69) is 20.4 Å². The molecule has 5 atom stereocenters. The monoisotopic (exact) mass is 520 g/mol. The van der Waals surface area contributed by atoms with Gasteiger partial charge in [0.25, 0.3) is 0 Å². The van der Waals surface area contributed by atoms with Crippen LogP contribution < -0.4 is 16.4 Å². The number of carbonyl (C=O) groups excluding carboxylic acids is 3. The number of carboxylic acid groups (broad SMARTS) is 1. The first-order valence-corrected chi connectivity index (χ1v) is 10.9. The van der Waals surface area contributed by atoms with Crippen molar-refractivity contribution in [3.05, 3.63) is 11.8 Å². The summed E-state index contributed by atoms with van der Waals surface area (Å²) in [5, 5.41) is 33.7. The summed E-state index contributed by atoms with van der Waals surface area (Å²) >= 11 is 0. The molecule has 36 heavy (non-hydrogen) atoms. The molecule has 1 aliphatic rings. The van der Waals surface area contributed by atoms with Gasteiger partial charge in [0.1, 0.15) is 25.4 Å². The van der Waals surface area contributed by atoms with E-state index in [1.807, 2.05) is 0 Å². The SMILES string of the molecule is CCOC([C@H](O)CO)[C@H]1OC(C(=O)O)=C[C@@H](N=C(N)NC(=O)OCCOC(=O)CC)[C@H]1NC(=O)OC. The minimum Gasteiger partial charge on any atom is -0.478 e. The largest absolute Gasteiger partial charge is 0.478 e. The number of amides is 2. The highest BCUT2D eigenvalue weighted by Crippen LogP contribution is 2.26. The van der Waals surface area contributed by atoms with Crippen LogP contribution in [0.4, 0.5) is 9.59 Å². The predicted octanol–water partition coefficient (Wildman–Crippen LogP) is -1.80. The molecule has 1 rings (SSSR count). The molecule has 0 aromatic carbocycles. The van der Waals surface area contributed by atoms with Crippen LogP contribution in [0.15, 0.2) is 16.8 Å². The van der Waals surface area contributed by atoms with Gasteiger partial charge in [-0.1, -0.05) is 6.92 Å². The zero-order chi connectivity index (χ0) is 27.3. The van der Waals surface area contributed by atoms with E-state index in [9.17, 15) is 34.5 Å². The van der Waals surface area contributed by atoms with Crippen LogP contribution in [0.1, 0.15) is 20.3 Å². The fourth-order valence-corrected chi connectivity index (χ4v) is 3.03. The van der Waals surface area contributed by atoms with Crippen LogP contribution >= 0.6 is 0 Å². The number of rotatable bonds is 12. The number of guanidine groups is 1. The number of esters is 1. The van der Waals surface area contributed by atoms with E-state index in [1.165, 1.54) is 0 Å². The fraction of sp³-hybridized carbons (Fsp3) is 0.650. The van der Waals surface area contributed by atoms with Crippen molar-refractivity contribution in [1.29, 1.82) is 0 Å². The number of alkyl carbamates (subject to hydrolysis) is 2. The van der Waals surface area contributed by atoms with Crippen molar-refractivity contribution in [2.75, 3.05) is 33.5 Å². The van der Waals surface area contributed by atoms with E-state index in [1.54, 1.807) is 13.8 Å². The van der Waals surface area contributed by atoms with Gasteiger partial charge in [-0.15, -0.1) is 0 Å². The Morgan fingerprint density at radius 1 is 1.19 bits per heavy atom. The van der Waals surface area contributed by atoms with Crippen LogP contribution in [0, 0.1) is 0 Å². The Balaban J connectivity index is 3.18. The summed E-state index contributed by atoms with van der Waals surface area (Å²) in [4.78, 5) is 50.7. The van der Waals surface area contributed by atoms with Crippen LogP contribution in [0.2, 0.25) is 0 Å². The Morgan fingerprint density at radius 3 is 2.42 bits per heavy atom. The Hall–Kier alpha value is -3.63. The number of nitrogens with zero attached hydrogens (tertiary/aromatic N) is 1. The molecule has 204 valence electrons. The zero-order valence-corrected chi connectivity index (χ0v) is 20.0. The average Bonchev–Trinajstić information content (AvgIpc) is 2.85. The van der Waals surface area contributed by atoms with E-state index in [0.29, 0.717) is 0 Å². The Bertz CT molecular complexity index is 834. The number of ether oxygens (including phenoxy) is 5. The minimum absolute atomic E-state index is 0.0374. The van der Waals surface area contributed by atoms with Crippen LogP contribution in [0.25, 0.3) is 0 Å². The highest BCUT2D eigenvalue weighted by molar-refractivity contribution is 5.93. The second-order valence-corrected chi connectivity index (χ2v) is 7.09. The lowest BCUT2D eigenvalue weighted by Crippen LogP contribution is -2.60. The lowest BCUT2D eigenvalue weighted by molar-refractivity contribution is -0.151. The standard InChI is InChI=1S/C20H32N4O12/c1-4-13(27)34-6-7-35-20(31)24-18(21)22-10-8-12(17(28)29)36-16(14(10)23-19(30)32-3)15(33-5-2)11(26)9-25/h8,10-11,14-16,25-26H,4-7,9H2,1-3H3,(H,23,30)(H,28,29)(H3,21,22,24,31)/t10-,11-,14-,15?,16+/m1/s1. The Kier molecular flexibility index (Phi) is 13.0. The summed E-state index contributed by atoms with van der Waals surface area (Å²) < 4.78 is 25.1. The first-order chi connectivity index (χ1) is 17.1. The molecule has 2 amide bonds. The van der Waals surface area contributed by atoms with Gasteiger partial charge >= 0.3 is 24.1 Å². The number of carbonyl (C=O) groups is 4.